The smallest absolute Gasteiger partial charge is 0.380 e. The second kappa shape index (κ2) is 6.34. The molecule has 3 rings (SSSR count). The van der Waals surface area contributed by atoms with Gasteiger partial charge in [-0.1, -0.05) is 56.3 Å². The number of benzene rings is 2. The first-order valence-corrected chi connectivity index (χ1v) is 8.52. The lowest BCUT2D eigenvalue weighted by atomic mass is 9.69. The van der Waals surface area contributed by atoms with E-state index in [0.29, 0.717) is 29.6 Å². The van der Waals surface area contributed by atoms with E-state index in [4.69, 9.17) is 0 Å². The Hall–Kier alpha value is -2.07. The Bertz CT molecular complexity index is 806. The Kier molecular flexibility index (Phi) is 4.50. The quantitative estimate of drug-likeness (QED) is 0.753. The van der Waals surface area contributed by atoms with Gasteiger partial charge in [0.25, 0.3) is 0 Å². The van der Waals surface area contributed by atoms with Crippen LogP contribution in [0.15, 0.2) is 54.1 Å². The summed E-state index contributed by atoms with van der Waals surface area (Å²) in [7, 11) is 0. The number of allylic oxidation sites excluding steroid dienone is 1. The van der Waals surface area contributed by atoms with Gasteiger partial charge in [-0.3, -0.25) is 0 Å². The van der Waals surface area contributed by atoms with Gasteiger partial charge in [-0.25, -0.2) is 0 Å². The molecule has 0 bridgehead atoms. The maximum Gasteiger partial charge on any atom is 0.417 e. The molecule has 0 spiro atoms. The van der Waals surface area contributed by atoms with Crippen LogP contribution in [0.1, 0.15) is 48.9 Å². The highest BCUT2D eigenvalue weighted by Crippen LogP contribution is 2.49. The zero-order chi connectivity index (χ0) is 18.2. The van der Waals surface area contributed by atoms with Gasteiger partial charge in [0.15, 0.2) is 0 Å². The highest BCUT2D eigenvalue weighted by atomic mass is 19.4. The third-order valence-electron chi connectivity index (χ3n) is 5.03. The fourth-order valence-electron chi connectivity index (χ4n) is 4.01. The summed E-state index contributed by atoms with van der Waals surface area (Å²) in [6.07, 6.45) is -3.31. The number of fused-ring (bicyclic) bond motifs is 1. The van der Waals surface area contributed by atoms with Crippen molar-refractivity contribution in [3.05, 3.63) is 76.4 Å². The number of hydrogen-bond acceptors (Lipinski definition) is 1. The van der Waals surface area contributed by atoms with E-state index in [1.165, 1.54) is 6.07 Å². The van der Waals surface area contributed by atoms with Crippen molar-refractivity contribution >= 4 is 5.57 Å². The second-order valence-electron chi connectivity index (χ2n) is 6.40. The molecule has 1 unspecified atom stereocenters. The molecule has 132 valence electrons. The molecule has 4 heteroatoms. The lowest BCUT2D eigenvalue weighted by molar-refractivity contribution is -0.137. The monoisotopic (exact) mass is 346 g/mol. The first-order valence-electron chi connectivity index (χ1n) is 8.52. The van der Waals surface area contributed by atoms with Crippen LogP contribution in [0.5, 0.6) is 0 Å². The average Bonchev–Trinajstić information content (AvgIpc) is 2.59. The Morgan fingerprint density at radius 1 is 0.960 bits per heavy atom. The van der Waals surface area contributed by atoms with E-state index in [-0.39, 0.29) is 12.0 Å². The molecule has 1 atom stereocenters. The van der Waals surface area contributed by atoms with Crippen LogP contribution in [0.4, 0.5) is 13.2 Å². The predicted molar refractivity (Wildman–Crippen MR) is 93.0 cm³/mol. The van der Waals surface area contributed by atoms with Gasteiger partial charge in [0, 0.05) is 6.42 Å². The summed E-state index contributed by atoms with van der Waals surface area (Å²) in [5.74, 6) is 0. The number of aliphatic hydroxyl groups is 1. The van der Waals surface area contributed by atoms with Crippen molar-refractivity contribution in [3.8, 4) is 0 Å². The van der Waals surface area contributed by atoms with Crippen LogP contribution in [0.3, 0.4) is 0 Å². The second-order valence-corrected chi connectivity index (χ2v) is 6.40. The molecule has 2 aromatic rings. The zero-order valence-corrected chi connectivity index (χ0v) is 14.3. The third kappa shape index (κ3) is 2.89. The van der Waals surface area contributed by atoms with Crippen molar-refractivity contribution in [2.24, 2.45) is 0 Å². The summed E-state index contributed by atoms with van der Waals surface area (Å²) >= 11 is 0. The minimum absolute atomic E-state index is 0.156. The largest absolute Gasteiger partial charge is 0.417 e. The molecule has 0 saturated heterocycles. The standard InChI is InChI=1S/C21H21F3O/c1-3-16-17(4-2)20(25,15-10-6-5-7-11-15)13-14-9-8-12-18(19(14)16)21(22,23)24/h5-12,25H,3-4,13H2,1-2H3. The van der Waals surface area contributed by atoms with Gasteiger partial charge in [0.2, 0.25) is 0 Å². The van der Waals surface area contributed by atoms with E-state index in [1.807, 2.05) is 44.2 Å². The van der Waals surface area contributed by atoms with E-state index >= 15 is 0 Å². The van der Waals surface area contributed by atoms with Crippen LogP contribution < -0.4 is 0 Å². The Morgan fingerprint density at radius 2 is 1.64 bits per heavy atom. The predicted octanol–water partition coefficient (Wildman–Crippen LogP) is 5.72. The van der Waals surface area contributed by atoms with Crippen LogP contribution in [0, 0.1) is 0 Å². The first kappa shape index (κ1) is 17.7. The molecule has 0 aliphatic heterocycles. The van der Waals surface area contributed by atoms with Gasteiger partial charge < -0.3 is 5.11 Å². The Labute approximate surface area is 145 Å². The Balaban J connectivity index is 2.31. The zero-order valence-electron chi connectivity index (χ0n) is 14.3. The molecule has 0 fully saturated rings. The van der Waals surface area contributed by atoms with Gasteiger partial charge >= 0.3 is 6.18 Å². The molecule has 0 heterocycles. The topological polar surface area (TPSA) is 20.2 Å². The van der Waals surface area contributed by atoms with E-state index < -0.39 is 17.3 Å². The molecule has 25 heavy (non-hydrogen) atoms. The van der Waals surface area contributed by atoms with E-state index in [1.54, 1.807) is 6.07 Å². The molecular weight excluding hydrogens is 325 g/mol. The van der Waals surface area contributed by atoms with Crippen LogP contribution in [-0.4, -0.2) is 5.11 Å². The molecule has 1 aliphatic rings. The number of halogens is 3. The molecule has 2 aromatic carbocycles. The fraction of sp³-hybridized carbons (Fsp3) is 0.333. The van der Waals surface area contributed by atoms with Gasteiger partial charge in [0.05, 0.1) is 5.56 Å². The average molecular weight is 346 g/mol. The highest BCUT2D eigenvalue weighted by molar-refractivity contribution is 5.78. The normalized spacial score (nSPS) is 20.6. The molecule has 0 aromatic heterocycles. The van der Waals surface area contributed by atoms with Crippen molar-refractivity contribution in [3.63, 3.8) is 0 Å². The molecule has 0 saturated carbocycles. The number of rotatable bonds is 3. The van der Waals surface area contributed by atoms with Crippen LogP contribution in [0.2, 0.25) is 0 Å². The number of alkyl halides is 3. The minimum atomic E-state index is -4.41. The molecule has 0 radical (unpaired) electrons. The number of hydrogen-bond donors (Lipinski definition) is 1. The molecule has 1 nitrogen and oxygen atoms in total. The Morgan fingerprint density at radius 3 is 2.20 bits per heavy atom. The summed E-state index contributed by atoms with van der Waals surface area (Å²) < 4.78 is 40.6. The molecule has 0 amide bonds. The van der Waals surface area contributed by atoms with Gasteiger partial charge in [-0.05, 0) is 46.7 Å². The SMILES string of the molecule is CCC1=C(CC)C(O)(c2ccccc2)Cc2cccc(C(F)(F)F)c21. The molecular formula is C21H21F3O. The lowest BCUT2D eigenvalue weighted by Crippen LogP contribution is -2.35. The van der Waals surface area contributed by atoms with Crippen LogP contribution >= 0.6 is 0 Å². The van der Waals surface area contributed by atoms with E-state index in [0.717, 1.165) is 11.6 Å². The summed E-state index contributed by atoms with van der Waals surface area (Å²) in [6.45, 7) is 3.73. The maximum atomic E-state index is 13.5. The van der Waals surface area contributed by atoms with Crippen molar-refractivity contribution < 1.29 is 18.3 Å². The van der Waals surface area contributed by atoms with Crippen molar-refractivity contribution in [1.29, 1.82) is 0 Å². The third-order valence-corrected chi connectivity index (χ3v) is 5.03. The van der Waals surface area contributed by atoms with Gasteiger partial charge in [0.1, 0.15) is 5.60 Å². The fourth-order valence-corrected chi connectivity index (χ4v) is 4.01. The summed E-state index contributed by atoms with van der Waals surface area (Å²) in [6, 6.07) is 13.5. The van der Waals surface area contributed by atoms with Crippen molar-refractivity contribution in [2.45, 2.75) is 44.9 Å². The van der Waals surface area contributed by atoms with Gasteiger partial charge in [-0.2, -0.15) is 13.2 Å². The molecule has 1 N–H and O–H groups in total. The summed E-state index contributed by atoms with van der Waals surface area (Å²) in [5, 5.41) is 11.5. The van der Waals surface area contributed by atoms with Crippen molar-refractivity contribution in [2.75, 3.05) is 0 Å². The van der Waals surface area contributed by atoms with Crippen LogP contribution in [0.25, 0.3) is 5.57 Å². The van der Waals surface area contributed by atoms with Crippen molar-refractivity contribution in [1.82, 2.24) is 0 Å². The minimum Gasteiger partial charge on any atom is -0.380 e. The highest BCUT2D eigenvalue weighted by Gasteiger charge is 2.43. The van der Waals surface area contributed by atoms with Gasteiger partial charge in [-0.15, -0.1) is 0 Å². The van der Waals surface area contributed by atoms with Crippen LogP contribution in [-0.2, 0) is 18.2 Å². The maximum absolute atomic E-state index is 13.5. The van der Waals surface area contributed by atoms with E-state index in [2.05, 4.69) is 0 Å². The lowest BCUT2D eigenvalue weighted by Gasteiger charge is -2.39. The van der Waals surface area contributed by atoms with E-state index in [9.17, 15) is 18.3 Å². The summed E-state index contributed by atoms with van der Waals surface area (Å²) in [4.78, 5) is 0. The summed E-state index contributed by atoms with van der Waals surface area (Å²) in [5.41, 5.74) is 0.959. The molecule has 1 aliphatic carbocycles. The first-order chi connectivity index (χ1) is 11.8.